The molecule has 2 aromatic heterocycles. The second-order valence-electron chi connectivity index (χ2n) is 11.9. The molecule has 0 spiro atoms. The molecule has 1 aliphatic heterocycles. The topological polar surface area (TPSA) is 211 Å². The number of benzene rings is 2. The molecule has 0 aliphatic carbocycles. The van der Waals surface area contributed by atoms with Gasteiger partial charge in [-0.2, -0.15) is 0 Å². The summed E-state index contributed by atoms with van der Waals surface area (Å²) in [6.07, 6.45) is 3.19. The van der Waals surface area contributed by atoms with E-state index in [4.69, 9.17) is 9.47 Å². The fourth-order valence-electron chi connectivity index (χ4n) is 4.78. The van der Waals surface area contributed by atoms with Gasteiger partial charge in [0.2, 0.25) is 11.8 Å². The molecule has 4 aromatic rings. The van der Waals surface area contributed by atoms with Gasteiger partial charge in [-0.05, 0) is 49.2 Å². The summed E-state index contributed by atoms with van der Waals surface area (Å²) in [6, 6.07) is 9.72. The third-order valence-electron chi connectivity index (χ3n) is 7.38. The first kappa shape index (κ1) is 37.8. The van der Waals surface area contributed by atoms with Crippen LogP contribution in [0.5, 0.6) is 23.0 Å². The number of fused-ring (bicyclic) bond motifs is 2. The van der Waals surface area contributed by atoms with Gasteiger partial charge >= 0.3 is 12.2 Å². The number of alkyl carbamates (subject to hydrolysis) is 2. The number of methoxy groups -OCH3 is 2. The molecule has 0 bridgehead atoms. The first-order valence-corrected chi connectivity index (χ1v) is 16.4. The van der Waals surface area contributed by atoms with Gasteiger partial charge in [0.15, 0.2) is 23.0 Å². The number of ether oxygens (including phenoxy) is 4. The van der Waals surface area contributed by atoms with E-state index < -0.39 is 30.2 Å². The maximum atomic E-state index is 12.9. The molecule has 3 heterocycles. The largest absolute Gasteiger partial charge is 0.453 e. The number of carbonyl (C=O) groups excluding carboxylic acids is 4. The van der Waals surface area contributed by atoms with Crippen LogP contribution in [0.15, 0.2) is 48.8 Å². The Morgan fingerprint density at radius 3 is 1.90 bits per heavy atom. The van der Waals surface area contributed by atoms with Crippen molar-refractivity contribution < 1.29 is 38.1 Å². The number of nitrogens with one attached hydrogen (secondary N) is 6. The third kappa shape index (κ3) is 9.99. The van der Waals surface area contributed by atoms with Gasteiger partial charge in [0.1, 0.15) is 24.2 Å². The number of hydrogen-bond acceptors (Lipinski definition) is 10. The van der Waals surface area contributed by atoms with Crippen LogP contribution in [0.2, 0.25) is 0 Å². The lowest BCUT2D eigenvalue weighted by Crippen LogP contribution is -2.50. The van der Waals surface area contributed by atoms with Crippen LogP contribution < -0.4 is 30.7 Å². The minimum Gasteiger partial charge on any atom is -0.453 e. The van der Waals surface area contributed by atoms with E-state index >= 15 is 0 Å². The minimum atomic E-state index is -0.772. The number of aromatic amines is 2. The normalized spacial score (nSPS) is 12.3. The van der Waals surface area contributed by atoms with Crippen molar-refractivity contribution in [2.75, 3.05) is 20.8 Å². The number of rotatable bonds is 11. The van der Waals surface area contributed by atoms with Crippen molar-refractivity contribution in [1.82, 2.24) is 41.2 Å². The van der Waals surface area contributed by atoms with Crippen molar-refractivity contribution in [3.8, 4) is 45.5 Å². The molecular weight excluding hydrogens is 660 g/mol. The number of amides is 4. The summed E-state index contributed by atoms with van der Waals surface area (Å²) in [5.41, 5.74) is 3.00. The molecule has 6 N–H and O–H groups in total. The van der Waals surface area contributed by atoms with Crippen molar-refractivity contribution in [1.29, 1.82) is 0 Å². The highest BCUT2D eigenvalue weighted by Gasteiger charge is 2.27. The molecule has 16 nitrogen and oxygen atoms in total. The Balaban J connectivity index is 0.00000188. The molecule has 2 aromatic carbocycles. The predicted octanol–water partition coefficient (Wildman–Crippen LogP) is 5.31. The highest BCUT2D eigenvalue weighted by molar-refractivity contribution is 5.86. The molecule has 0 fully saturated rings. The molecule has 2 atom stereocenters. The van der Waals surface area contributed by atoms with Crippen molar-refractivity contribution in [3.05, 3.63) is 60.4 Å². The standard InChI is InChI=1S/C32H36N8O8.C3H8/c1-16(2)28(40-32(44)46-5)30(42)37-17(3)29-35-13-21(39-29)19-7-9-23-25(11-19)48-22-8-6-18(10-24(22)47-23)20-12-33-26(38-20)14-34-27(41)15-36-31(43)45-4;1-3-2/h6-13,16-17,28H,14-15H2,1-5H3,(H,33,38)(H,34,41)(H,35,39)(H,36,43)(H,37,42)(H,40,44);3H2,1-2H3. The second kappa shape index (κ2) is 17.6. The van der Waals surface area contributed by atoms with Crippen LogP contribution in [0.25, 0.3) is 22.5 Å². The number of aromatic nitrogens is 4. The molecular formula is C35H44N8O8. The van der Waals surface area contributed by atoms with E-state index in [0.29, 0.717) is 46.0 Å². The Kier molecular flexibility index (Phi) is 13.0. The van der Waals surface area contributed by atoms with E-state index in [1.54, 1.807) is 31.5 Å². The Hall–Kier alpha value is -6.06. The van der Waals surface area contributed by atoms with Gasteiger partial charge in [0, 0.05) is 11.1 Å². The summed E-state index contributed by atoms with van der Waals surface area (Å²) in [5, 5.41) is 10.4. The molecule has 272 valence electrons. The SMILES string of the molecule is CCC.COC(=O)NCC(=O)NCc1ncc(-c2ccc3c(c2)Oc2ccc(-c4cnc(C(C)NC(=O)C(NC(=O)OC)C(C)C)[nH]4)cc2O3)[nH]1. The summed E-state index contributed by atoms with van der Waals surface area (Å²) >= 11 is 0. The fourth-order valence-corrected chi connectivity index (χ4v) is 4.78. The summed E-state index contributed by atoms with van der Waals surface area (Å²) in [5.74, 6) is 2.23. The quantitative estimate of drug-likeness (QED) is 0.104. The molecule has 0 saturated heterocycles. The molecule has 16 heteroatoms. The zero-order valence-corrected chi connectivity index (χ0v) is 29.6. The van der Waals surface area contributed by atoms with Gasteiger partial charge < -0.3 is 50.2 Å². The van der Waals surface area contributed by atoms with Crippen LogP contribution in [0.4, 0.5) is 9.59 Å². The van der Waals surface area contributed by atoms with E-state index in [-0.39, 0.29) is 24.9 Å². The average molecular weight is 705 g/mol. The number of hydrogen-bond donors (Lipinski definition) is 6. The highest BCUT2D eigenvalue weighted by atomic mass is 16.6. The van der Waals surface area contributed by atoms with Crippen LogP contribution in [0, 0.1) is 5.92 Å². The van der Waals surface area contributed by atoms with Gasteiger partial charge in [-0.3, -0.25) is 9.59 Å². The molecule has 0 saturated carbocycles. The van der Waals surface area contributed by atoms with Crippen LogP contribution in [0.1, 0.15) is 58.7 Å². The van der Waals surface area contributed by atoms with Crippen LogP contribution >= 0.6 is 0 Å². The van der Waals surface area contributed by atoms with Gasteiger partial charge in [0.25, 0.3) is 0 Å². The lowest BCUT2D eigenvalue weighted by Gasteiger charge is -2.22. The summed E-state index contributed by atoms with van der Waals surface area (Å²) in [6.45, 7) is 9.62. The van der Waals surface area contributed by atoms with Crippen molar-refractivity contribution >= 4 is 24.0 Å². The van der Waals surface area contributed by atoms with Gasteiger partial charge in [-0.15, -0.1) is 0 Å². The highest BCUT2D eigenvalue weighted by Crippen LogP contribution is 2.47. The zero-order valence-electron chi connectivity index (χ0n) is 29.6. The first-order valence-electron chi connectivity index (χ1n) is 16.4. The molecule has 4 amide bonds. The van der Waals surface area contributed by atoms with Crippen molar-refractivity contribution in [2.45, 2.75) is 59.7 Å². The summed E-state index contributed by atoms with van der Waals surface area (Å²) < 4.78 is 21.4. The van der Waals surface area contributed by atoms with Crippen LogP contribution in [-0.2, 0) is 25.6 Å². The molecule has 2 unspecified atom stereocenters. The lowest BCUT2D eigenvalue weighted by atomic mass is 10.0. The number of carbonyl (C=O) groups is 4. The van der Waals surface area contributed by atoms with Crippen LogP contribution in [0.3, 0.4) is 0 Å². The fraction of sp³-hybridized carbons (Fsp3) is 0.371. The van der Waals surface area contributed by atoms with Crippen molar-refractivity contribution in [2.24, 2.45) is 5.92 Å². The second-order valence-corrected chi connectivity index (χ2v) is 11.9. The molecule has 5 rings (SSSR count). The Labute approximate surface area is 295 Å². The molecule has 1 aliphatic rings. The molecule has 0 radical (unpaired) electrons. The third-order valence-corrected chi connectivity index (χ3v) is 7.38. The van der Waals surface area contributed by atoms with E-state index in [1.807, 2.05) is 38.1 Å². The average Bonchev–Trinajstić information content (AvgIpc) is 3.81. The van der Waals surface area contributed by atoms with Gasteiger partial charge in [-0.25, -0.2) is 19.6 Å². The summed E-state index contributed by atoms with van der Waals surface area (Å²) in [4.78, 5) is 62.8. The van der Waals surface area contributed by atoms with E-state index in [9.17, 15) is 19.2 Å². The molecule has 51 heavy (non-hydrogen) atoms. The Bertz CT molecular complexity index is 1840. The number of H-pyrrole nitrogens is 2. The predicted molar refractivity (Wildman–Crippen MR) is 187 cm³/mol. The smallest absolute Gasteiger partial charge is 0.407 e. The van der Waals surface area contributed by atoms with Gasteiger partial charge in [0.05, 0.1) is 50.6 Å². The van der Waals surface area contributed by atoms with Crippen molar-refractivity contribution in [3.63, 3.8) is 0 Å². The lowest BCUT2D eigenvalue weighted by molar-refractivity contribution is -0.124. The number of imidazole rings is 2. The van der Waals surface area contributed by atoms with E-state index in [2.05, 4.69) is 64.5 Å². The maximum absolute atomic E-state index is 12.9. The minimum absolute atomic E-state index is 0.139. The van der Waals surface area contributed by atoms with E-state index in [1.165, 1.54) is 20.6 Å². The maximum Gasteiger partial charge on any atom is 0.407 e. The Morgan fingerprint density at radius 2 is 1.33 bits per heavy atom. The Morgan fingerprint density at radius 1 is 0.765 bits per heavy atom. The summed E-state index contributed by atoms with van der Waals surface area (Å²) in [7, 11) is 2.46. The van der Waals surface area contributed by atoms with E-state index in [0.717, 1.165) is 11.1 Å². The first-order chi connectivity index (χ1) is 24.5. The zero-order chi connectivity index (χ0) is 37.1. The van der Waals surface area contributed by atoms with Crippen LogP contribution in [-0.4, -0.2) is 70.7 Å². The van der Waals surface area contributed by atoms with Gasteiger partial charge in [-0.1, -0.05) is 34.1 Å². The monoisotopic (exact) mass is 704 g/mol. The number of nitrogens with zero attached hydrogens (tertiary/aromatic N) is 2.